The standard InChI is InChI=1S/C16H26N2/c1-2-14-5-7-16(8-6-14)13-18-11-9-15-4-3-10-17-12-15/h3-4,10,12,14,16,18H,2,5-9,11,13H2,1H3. The number of aromatic nitrogens is 1. The lowest BCUT2D eigenvalue weighted by atomic mass is 9.81. The van der Waals surface area contributed by atoms with Gasteiger partial charge in [-0.15, -0.1) is 0 Å². The fourth-order valence-electron chi connectivity index (χ4n) is 2.93. The predicted octanol–water partition coefficient (Wildman–Crippen LogP) is 3.43. The zero-order valence-corrected chi connectivity index (χ0v) is 11.6. The van der Waals surface area contributed by atoms with Crippen LogP contribution in [0, 0.1) is 11.8 Å². The first-order valence-electron chi connectivity index (χ1n) is 7.48. The summed E-state index contributed by atoms with van der Waals surface area (Å²) in [5.74, 6) is 1.93. The monoisotopic (exact) mass is 246 g/mol. The second-order valence-corrected chi connectivity index (χ2v) is 5.61. The van der Waals surface area contributed by atoms with Gasteiger partial charge in [-0.1, -0.05) is 32.3 Å². The first-order chi connectivity index (χ1) is 8.88. The largest absolute Gasteiger partial charge is 0.316 e. The van der Waals surface area contributed by atoms with Gasteiger partial charge < -0.3 is 5.32 Å². The molecule has 18 heavy (non-hydrogen) atoms. The molecule has 0 bridgehead atoms. The molecule has 0 saturated heterocycles. The Bertz CT molecular complexity index is 315. The van der Waals surface area contributed by atoms with E-state index in [1.807, 2.05) is 18.5 Å². The first kappa shape index (κ1) is 13.5. The van der Waals surface area contributed by atoms with Crippen molar-refractivity contribution in [1.82, 2.24) is 10.3 Å². The highest BCUT2D eigenvalue weighted by molar-refractivity contribution is 5.08. The van der Waals surface area contributed by atoms with Gasteiger partial charge in [0.25, 0.3) is 0 Å². The van der Waals surface area contributed by atoms with Crippen molar-refractivity contribution >= 4 is 0 Å². The Kier molecular flexibility index (Phi) is 5.66. The van der Waals surface area contributed by atoms with Gasteiger partial charge >= 0.3 is 0 Å². The van der Waals surface area contributed by atoms with Gasteiger partial charge in [0.15, 0.2) is 0 Å². The summed E-state index contributed by atoms with van der Waals surface area (Å²) >= 11 is 0. The lowest BCUT2D eigenvalue weighted by Crippen LogP contribution is -2.27. The quantitative estimate of drug-likeness (QED) is 0.778. The van der Waals surface area contributed by atoms with E-state index in [2.05, 4.69) is 23.3 Å². The Morgan fingerprint density at radius 3 is 2.67 bits per heavy atom. The van der Waals surface area contributed by atoms with E-state index in [1.165, 1.54) is 44.2 Å². The maximum Gasteiger partial charge on any atom is 0.0300 e. The molecule has 0 aliphatic heterocycles. The summed E-state index contributed by atoms with van der Waals surface area (Å²) in [7, 11) is 0. The van der Waals surface area contributed by atoms with Crippen LogP contribution in [0.5, 0.6) is 0 Å². The molecule has 2 nitrogen and oxygen atoms in total. The van der Waals surface area contributed by atoms with Gasteiger partial charge in [0.1, 0.15) is 0 Å². The number of hydrogen-bond acceptors (Lipinski definition) is 2. The highest BCUT2D eigenvalue weighted by Crippen LogP contribution is 2.29. The average Bonchev–Trinajstić information content (AvgIpc) is 2.45. The molecule has 2 rings (SSSR count). The molecule has 0 spiro atoms. The van der Waals surface area contributed by atoms with Crippen LogP contribution in [0.15, 0.2) is 24.5 Å². The van der Waals surface area contributed by atoms with Crippen molar-refractivity contribution in [3.63, 3.8) is 0 Å². The lowest BCUT2D eigenvalue weighted by Gasteiger charge is -2.27. The maximum atomic E-state index is 4.14. The van der Waals surface area contributed by atoms with E-state index in [1.54, 1.807) is 0 Å². The van der Waals surface area contributed by atoms with Crippen molar-refractivity contribution in [3.8, 4) is 0 Å². The van der Waals surface area contributed by atoms with Gasteiger partial charge in [0.05, 0.1) is 0 Å². The molecule has 2 heteroatoms. The Morgan fingerprint density at radius 2 is 2.00 bits per heavy atom. The molecule has 0 radical (unpaired) electrons. The molecule has 1 fully saturated rings. The first-order valence-corrected chi connectivity index (χ1v) is 7.48. The van der Waals surface area contributed by atoms with E-state index in [-0.39, 0.29) is 0 Å². The average molecular weight is 246 g/mol. The maximum absolute atomic E-state index is 4.14. The van der Waals surface area contributed by atoms with Crippen molar-refractivity contribution in [2.75, 3.05) is 13.1 Å². The van der Waals surface area contributed by atoms with Crippen LogP contribution < -0.4 is 5.32 Å². The van der Waals surface area contributed by atoms with Gasteiger partial charge in [0, 0.05) is 12.4 Å². The van der Waals surface area contributed by atoms with Gasteiger partial charge in [0.2, 0.25) is 0 Å². The van der Waals surface area contributed by atoms with Gasteiger partial charge in [-0.3, -0.25) is 4.98 Å². The SMILES string of the molecule is CCC1CCC(CNCCc2cccnc2)CC1. The minimum Gasteiger partial charge on any atom is -0.316 e. The molecule has 1 aliphatic carbocycles. The summed E-state index contributed by atoms with van der Waals surface area (Å²) in [5, 5.41) is 3.61. The number of nitrogens with one attached hydrogen (secondary N) is 1. The van der Waals surface area contributed by atoms with Crippen LogP contribution in [-0.2, 0) is 6.42 Å². The molecule has 0 aromatic carbocycles. The number of pyridine rings is 1. The highest BCUT2D eigenvalue weighted by atomic mass is 14.9. The Morgan fingerprint density at radius 1 is 1.22 bits per heavy atom. The molecule has 1 N–H and O–H groups in total. The summed E-state index contributed by atoms with van der Waals surface area (Å²) in [6.07, 6.45) is 12.0. The highest BCUT2D eigenvalue weighted by Gasteiger charge is 2.19. The van der Waals surface area contributed by atoms with Crippen molar-refractivity contribution < 1.29 is 0 Å². The summed E-state index contributed by atoms with van der Waals surface area (Å²) in [5.41, 5.74) is 1.33. The smallest absolute Gasteiger partial charge is 0.0300 e. The minimum absolute atomic E-state index is 0.918. The van der Waals surface area contributed by atoms with Crippen molar-refractivity contribution in [1.29, 1.82) is 0 Å². The topological polar surface area (TPSA) is 24.9 Å². The minimum atomic E-state index is 0.918. The molecule has 1 aromatic rings. The third kappa shape index (κ3) is 4.41. The van der Waals surface area contributed by atoms with Crippen LogP contribution >= 0.6 is 0 Å². The fraction of sp³-hybridized carbons (Fsp3) is 0.688. The van der Waals surface area contributed by atoms with Gasteiger partial charge in [-0.05, 0) is 55.8 Å². The molecule has 100 valence electrons. The predicted molar refractivity (Wildman–Crippen MR) is 76.5 cm³/mol. The third-order valence-corrected chi connectivity index (χ3v) is 4.29. The number of hydrogen-bond donors (Lipinski definition) is 1. The second-order valence-electron chi connectivity index (χ2n) is 5.61. The van der Waals surface area contributed by atoms with E-state index in [0.717, 1.165) is 24.8 Å². The Hall–Kier alpha value is -0.890. The third-order valence-electron chi connectivity index (χ3n) is 4.29. The molecule has 0 unspecified atom stereocenters. The molecule has 1 saturated carbocycles. The van der Waals surface area contributed by atoms with E-state index in [4.69, 9.17) is 0 Å². The zero-order valence-electron chi connectivity index (χ0n) is 11.6. The molecule has 1 aliphatic rings. The number of nitrogens with zero attached hydrogens (tertiary/aromatic N) is 1. The molecular weight excluding hydrogens is 220 g/mol. The van der Waals surface area contributed by atoms with Crippen LogP contribution in [0.1, 0.15) is 44.6 Å². The summed E-state index contributed by atoms with van der Waals surface area (Å²) < 4.78 is 0. The Balaban J connectivity index is 1.56. The summed E-state index contributed by atoms with van der Waals surface area (Å²) in [4.78, 5) is 4.14. The fourth-order valence-corrected chi connectivity index (χ4v) is 2.93. The van der Waals surface area contributed by atoms with E-state index in [9.17, 15) is 0 Å². The van der Waals surface area contributed by atoms with Crippen LogP contribution in [0.4, 0.5) is 0 Å². The van der Waals surface area contributed by atoms with Crippen LogP contribution in [0.2, 0.25) is 0 Å². The van der Waals surface area contributed by atoms with Crippen molar-refractivity contribution in [3.05, 3.63) is 30.1 Å². The van der Waals surface area contributed by atoms with Crippen LogP contribution in [0.25, 0.3) is 0 Å². The lowest BCUT2D eigenvalue weighted by molar-refractivity contribution is 0.263. The molecule has 1 aromatic heterocycles. The Labute approximate surface area is 111 Å². The van der Waals surface area contributed by atoms with Gasteiger partial charge in [-0.25, -0.2) is 0 Å². The molecule has 1 heterocycles. The summed E-state index contributed by atoms with van der Waals surface area (Å²) in [6.45, 7) is 4.62. The van der Waals surface area contributed by atoms with E-state index in [0.29, 0.717) is 0 Å². The molecular formula is C16H26N2. The molecule has 0 atom stereocenters. The number of rotatable bonds is 6. The van der Waals surface area contributed by atoms with Gasteiger partial charge in [-0.2, -0.15) is 0 Å². The van der Waals surface area contributed by atoms with Crippen molar-refractivity contribution in [2.45, 2.75) is 45.4 Å². The second kappa shape index (κ2) is 7.52. The van der Waals surface area contributed by atoms with E-state index >= 15 is 0 Å². The van der Waals surface area contributed by atoms with E-state index < -0.39 is 0 Å². The van der Waals surface area contributed by atoms with Crippen molar-refractivity contribution in [2.24, 2.45) is 11.8 Å². The normalized spacial score (nSPS) is 24.1. The van der Waals surface area contributed by atoms with Crippen LogP contribution in [-0.4, -0.2) is 18.1 Å². The van der Waals surface area contributed by atoms with Crippen LogP contribution in [0.3, 0.4) is 0 Å². The molecule has 0 amide bonds. The summed E-state index contributed by atoms with van der Waals surface area (Å²) in [6, 6.07) is 4.17. The zero-order chi connectivity index (χ0) is 12.6.